The van der Waals surface area contributed by atoms with Gasteiger partial charge in [-0.1, -0.05) is 6.07 Å². The molecule has 2 heterocycles. The number of anilines is 2. The van der Waals surface area contributed by atoms with Gasteiger partial charge >= 0.3 is 0 Å². The second kappa shape index (κ2) is 4.76. The van der Waals surface area contributed by atoms with Gasteiger partial charge in [-0.25, -0.2) is 4.98 Å². The van der Waals surface area contributed by atoms with E-state index in [-0.39, 0.29) is 5.91 Å². The molecule has 3 rings (SSSR count). The maximum Gasteiger partial charge on any atom is 0.223 e. The maximum atomic E-state index is 11.6. The van der Waals surface area contributed by atoms with Gasteiger partial charge in [-0.05, 0) is 18.6 Å². The Morgan fingerprint density at radius 1 is 1.53 bits per heavy atom. The molecule has 0 unspecified atom stereocenters. The van der Waals surface area contributed by atoms with Gasteiger partial charge in [-0.3, -0.25) is 4.79 Å². The van der Waals surface area contributed by atoms with Crippen molar-refractivity contribution in [2.24, 2.45) is 0 Å². The van der Waals surface area contributed by atoms with Crippen LogP contribution in [0.2, 0.25) is 0 Å². The Morgan fingerprint density at radius 2 is 2.42 bits per heavy atom. The summed E-state index contributed by atoms with van der Waals surface area (Å²) >= 11 is 0. The number of nitrogens with zero attached hydrogens (tertiary/aromatic N) is 2. The molecule has 0 atom stereocenters. The molecule has 1 aromatic carbocycles. The summed E-state index contributed by atoms with van der Waals surface area (Å²) in [6, 6.07) is 6.03. The van der Waals surface area contributed by atoms with Gasteiger partial charge in [0.15, 0.2) is 0 Å². The third kappa shape index (κ3) is 2.19. The fourth-order valence-electron chi connectivity index (χ4n) is 2.50. The summed E-state index contributed by atoms with van der Waals surface area (Å²) in [5.41, 5.74) is 3.32. The zero-order valence-corrected chi connectivity index (χ0v) is 10.8. The number of benzene rings is 1. The molecule has 1 amide bonds. The Hall–Kier alpha value is -2.30. The van der Waals surface area contributed by atoms with Crippen LogP contribution >= 0.6 is 0 Å². The minimum Gasteiger partial charge on any atom is -0.378 e. The molecule has 5 nitrogen and oxygen atoms in total. The molecule has 0 radical (unpaired) electrons. The maximum absolute atomic E-state index is 11.6. The van der Waals surface area contributed by atoms with E-state index in [0.717, 1.165) is 30.2 Å². The summed E-state index contributed by atoms with van der Waals surface area (Å²) in [6.07, 6.45) is 4.45. The topological polar surface area (TPSA) is 61.0 Å². The zero-order valence-electron chi connectivity index (χ0n) is 10.8. The number of carbonyl (C=O) groups excluding carboxylic acids is 1. The molecule has 5 heteroatoms. The van der Waals surface area contributed by atoms with Crippen molar-refractivity contribution >= 4 is 17.3 Å². The van der Waals surface area contributed by atoms with Crippen LogP contribution in [0.3, 0.4) is 0 Å². The largest absolute Gasteiger partial charge is 0.378 e. The Labute approximate surface area is 111 Å². The van der Waals surface area contributed by atoms with Crippen LogP contribution < -0.4 is 10.2 Å². The number of fused-ring (bicyclic) bond motifs is 1. The SMILES string of the molecule is CC(=O)N1CCc2c(NCc3ncc[nH]3)cccc21. The van der Waals surface area contributed by atoms with E-state index in [9.17, 15) is 4.79 Å². The van der Waals surface area contributed by atoms with Crippen LogP contribution in [-0.2, 0) is 17.8 Å². The van der Waals surface area contributed by atoms with Gasteiger partial charge in [0.1, 0.15) is 5.82 Å². The lowest BCUT2D eigenvalue weighted by Crippen LogP contribution is -2.25. The molecule has 0 aliphatic carbocycles. The fourth-order valence-corrected chi connectivity index (χ4v) is 2.50. The summed E-state index contributed by atoms with van der Waals surface area (Å²) in [6.45, 7) is 3.03. The summed E-state index contributed by atoms with van der Waals surface area (Å²) in [7, 11) is 0. The van der Waals surface area contributed by atoms with Crippen LogP contribution in [0, 0.1) is 0 Å². The third-order valence-electron chi connectivity index (χ3n) is 3.41. The molecule has 2 aromatic rings. The van der Waals surface area contributed by atoms with E-state index in [1.54, 1.807) is 13.1 Å². The number of hydrogen-bond donors (Lipinski definition) is 2. The standard InChI is InChI=1S/C14H16N4O/c1-10(19)18-8-5-11-12(3-2-4-13(11)18)17-9-14-15-6-7-16-14/h2-4,6-7,17H,5,8-9H2,1H3,(H,15,16). The van der Waals surface area contributed by atoms with Crippen molar-refractivity contribution in [3.63, 3.8) is 0 Å². The molecule has 1 aliphatic heterocycles. The van der Waals surface area contributed by atoms with Crippen LogP contribution in [-0.4, -0.2) is 22.4 Å². The molecule has 2 N–H and O–H groups in total. The third-order valence-corrected chi connectivity index (χ3v) is 3.41. The molecule has 1 aromatic heterocycles. The van der Waals surface area contributed by atoms with Crippen molar-refractivity contribution in [2.45, 2.75) is 19.9 Å². The quantitative estimate of drug-likeness (QED) is 0.882. The minimum absolute atomic E-state index is 0.0990. The van der Waals surface area contributed by atoms with Crippen molar-refractivity contribution in [3.05, 3.63) is 42.0 Å². The number of aromatic nitrogens is 2. The normalized spacial score (nSPS) is 13.4. The van der Waals surface area contributed by atoms with Gasteiger partial charge in [0.2, 0.25) is 5.91 Å². The smallest absolute Gasteiger partial charge is 0.223 e. The molecule has 0 bridgehead atoms. The van der Waals surface area contributed by atoms with Crippen molar-refractivity contribution in [2.75, 3.05) is 16.8 Å². The molecule has 0 saturated heterocycles. The van der Waals surface area contributed by atoms with Gasteiger partial charge in [-0.15, -0.1) is 0 Å². The van der Waals surface area contributed by atoms with Crippen molar-refractivity contribution < 1.29 is 4.79 Å². The highest BCUT2D eigenvalue weighted by atomic mass is 16.2. The number of amides is 1. The van der Waals surface area contributed by atoms with Crippen molar-refractivity contribution in [1.82, 2.24) is 9.97 Å². The van der Waals surface area contributed by atoms with Crippen LogP contribution in [0.5, 0.6) is 0 Å². The predicted molar refractivity (Wildman–Crippen MR) is 74.1 cm³/mol. The van der Waals surface area contributed by atoms with E-state index in [4.69, 9.17) is 0 Å². The highest BCUT2D eigenvalue weighted by Gasteiger charge is 2.23. The first-order valence-corrected chi connectivity index (χ1v) is 6.38. The fraction of sp³-hybridized carbons (Fsp3) is 0.286. The molecule has 0 spiro atoms. The summed E-state index contributed by atoms with van der Waals surface area (Å²) in [5.74, 6) is 1.00. The van der Waals surface area contributed by atoms with E-state index in [1.165, 1.54) is 5.56 Å². The lowest BCUT2D eigenvalue weighted by molar-refractivity contribution is -0.116. The van der Waals surface area contributed by atoms with E-state index < -0.39 is 0 Å². The second-order valence-electron chi connectivity index (χ2n) is 4.61. The number of rotatable bonds is 3. The Morgan fingerprint density at radius 3 is 3.16 bits per heavy atom. The molecule has 98 valence electrons. The van der Waals surface area contributed by atoms with Gasteiger partial charge in [0.05, 0.1) is 6.54 Å². The first kappa shape index (κ1) is 11.8. The van der Waals surface area contributed by atoms with E-state index in [2.05, 4.69) is 15.3 Å². The number of H-pyrrole nitrogens is 1. The second-order valence-corrected chi connectivity index (χ2v) is 4.61. The number of imidazole rings is 1. The summed E-state index contributed by atoms with van der Waals surface area (Å²) in [4.78, 5) is 20.6. The molecular formula is C14H16N4O. The average Bonchev–Trinajstić information content (AvgIpc) is 3.05. The Balaban J connectivity index is 1.82. The van der Waals surface area contributed by atoms with Crippen LogP contribution in [0.1, 0.15) is 18.3 Å². The first-order valence-electron chi connectivity index (χ1n) is 6.38. The molecule has 0 saturated carbocycles. The van der Waals surface area contributed by atoms with Crippen molar-refractivity contribution in [3.8, 4) is 0 Å². The molecule has 19 heavy (non-hydrogen) atoms. The lowest BCUT2D eigenvalue weighted by atomic mass is 10.1. The van der Waals surface area contributed by atoms with E-state index >= 15 is 0 Å². The van der Waals surface area contributed by atoms with Gasteiger partial charge < -0.3 is 15.2 Å². The monoisotopic (exact) mass is 256 g/mol. The van der Waals surface area contributed by atoms with E-state index in [0.29, 0.717) is 6.54 Å². The molecular weight excluding hydrogens is 240 g/mol. The Kier molecular flexibility index (Phi) is 2.95. The summed E-state index contributed by atoms with van der Waals surface area (Å²) < 4.78 is 0. The molecule has 1 aliphatic rings. The van der Waals surface area contributed by atoms with E-state index in [1.807, 2.05) is 29.3 Å². The van der Waals surface area contributed by atoms with Crippen LogP contribution in [0.4, 0.5) is 11.4 Å². The first-order chi connectivity index (χ1) is 9.25. The highest BCUT2D eigenvalue weighted by molar-refractivity contribution is 5.95. The van der Waals surface area contributed by atoms with Gasteiger partial charge in [0, 0.05) is 42.8 Å². The van der Waals surface area contributed by atoms with Crippen LogP contribution in [0.15, 0.2) is 30.6 Å². The average molecular weight is 256 g/mol. The minimum atomic E-state index is 0.0990. The van der Waals surface area contributed by atoms with Gasteiger partial charge in [0.25, 0.3) is 0 Å². The Bertz CT molecular complexity index is 591. The molecule has 0 fully saturated rings. The predicted octanol–water partition coefficient (Wildman–Crippen LogP) is 1.93. The summed E-state index contributed by atoms with van der Waals surface area (Å²) in [5, 5.41) is 3.38. The van der Waals surface area contributed by atoms with Gasteiger partial charge in [-0.2, -0.15) is 0 Å². The highest BCUT2D eigenvalue weighted by Crippen LogP contribution is 2.33. The van der Waals surface area contributed by atoms with Crippen LogP contribution in [0.25, 0.3) is 0 Å². The van der Waals surface area contributed by atoms with Crippen molar-refractivity contribution in [1.29, 1.82) is 0 Å². The lowest BCUT2D eigenvalue weighted by Gasteiger charge is -2.15. The number of nitrogens with one attached hydrogen (secondary N) is 2. The number of hydrogen-bond acceptors (Lipinski definition) is 3. The zero-order chi connectivity index (χ0) is 13.2. The number of aromatic amines is 1. The number of carbonyl (C=O) groups is 1.